The summed E-state index contributed by atoms with van der Waals surface area (Å²) in [5.41, 5.74) is 0.792. The second kappa shape index (κ2) is 6.39. The maximum absolute atomic E-state index is 5.98. The van der Waals surface area contributed by atoms with Gasteiger partial charge in [0, 0.05) is 21.2 Å². The van der Waals surface area contributed by atoms with Gasteiger partial charge in [-0.05, 0) is 59.0 Å². The molecule has 2 aromatic carbocycles. The Kier molecular flexibility index (Phi) is 4.33. The van der Waals surface area contributed by atoms with Crippen LogP contribution < -0.4 is 14.2 Å². The molecule has 0 aliphatic carbocycles. The summed E-state index contributed by atoms with van der Waals surface area (Å²) in [5, 5.41) is 0.874. The molecule has 0 N–H and O–H groups in total. The topological polar surface area (TPSA) is 40.6 Å². The fraction of sp³-hybridized carbons (Fsp3) is 0.118. The Hall–Kier alpha value is -2.02. The number of halogens is 1. The molecule has 0 bridgehead atoms. The molecule has 0 fully saturated rings. The Balaban J connectivity index is 2.07. The van der Waals surface area contributed by atoms with Gasteiger partial charge in [-0.25, -0.2) is 0 Å². The van der Waals surface area contributed by atoms with Crippen LogP contribution in [-0.2, 0) is 0 Å². The minimum atomic E-state index is 0.647. The van der Waals surface area contributed by atoms with Crippen molar-refractivity contribution < 1.29 is 14.2 Å². The molecule has 0 aliphatic heterocycles. The first-order chi connectivity index (χ1) is 10.7. The maximum atomic E-state index is 5.98. The van der Waals surface area contributed by atoms with Crippen molar-refractivity contribution in [3.05, 3.63) is 52.2 Å². The fourth-order valence-corrected chi connectivity index (χ4v) is 2.53. The van der Waals surface area contributed by atoms with Crippen molar-refractivity contribution in [1.82, 2.24) is 4.98 Å². The van der Waals surface area contributed by atoms with E-state index in [-0.39, 0.29) is 0 Å². The molecule has 4 nitrogen and oxygen atoms in total. The predicted octanol–water partition coefficient (Wildman–Crippen LogP) is 4.65. The van der Waals surface area contributed by atoms with Gasteiger partial charge in [0.15, 0.2) is 11.5 Å². The van der Waals surface area contributed by atoms with Crippen LogP contribution in [-0.4, -0.2) is 19.2 Å². The summed E-state index contributed by atoms with van der Waals surface area (Å²) in [6.07, 6.45) is 1.72. The molecule has 1 heterocycles. The highest BCUT2D eigenvalue weighted by Gasteiger charge is 2.11. The zero-order valence-corrected chi connectivity index (χ0v) is 14.3. The van der Waals surface area contributed by atoms with Crippen molar-refractivity contribution in [2.75, 3.05) is 14.2 Å². The number of nitrogens with zero attached hydrogens (tertiary/aromatic N) is 1. The molecule has 5 heteroatoms. The molecule has 0 atom stereocenters. The molecule has 0 spiro atoms. The van der Waals surface area contributed by atoms with E-state index in [0.29, 0.717) is 11.5 Å². The van der Waals surface area contributed by atoms with E-state index in [1.54, 1.807) is 20.4 Å². The number of pyridine rings is 1. The van der Waals surface area contributed by atoms with Gasteiger partial charge < -0.3 is 14.2 Å². The second-order valence-corrected chi connectivity index (χ2v) is 5.84. The molecule has 0 unspecified atom stereocenters. The lowest BCUT2D eigenvalue weighted by molar-refractivity contribution is 0.355. The van der Waals surface area contributed by atoms with Gasteiger partial charge in [-0.2, -0.15) is 0 Å². The number of benzene rings is 2. The first-order valence-electron chi connectivity index (χ1n) is 6.65. The van der Waals surface area contributed by atoms with E-state index in [4.69, 9.17) is 14.2 Å². The zero-order valence-electron chi connectivity index (χ0n) is 12.2. The third-order valence-electron chi connectivity index (χ3n) is 3.25. The summed E-state index contributed by atoms with van der Waals surface area (Å²) in [5.74, 6) is 2.80. The minimum Gasteiger partial charge on any atom is -0.493 e. The monoisotopic (exact) mass is 407 g/mol. The highest BCUT2D eigenvalue weighted by molar-refractivity contribution is 14.1. The molecule has 0 amide bonds. The summed E-state index contributed by atoms with van der Waals surface area (Å²) >= 11 is 2.26. The molecule has 0 saturated carbocycles. The Morgan fingerprint density at radius 2 is 1.55 bits per heavy atom. The first kappa shape index (κ1) is 14.9. The Labute approximate surface area is 142 Å². The highest BCUT2D eigenvalue weighted by Crippen LogP contribution is 2.36. The number of aromatic nitrogens is 1. The fourth-order valence-electron chi connectivity index (χ4n) is 2.17. The smallest absolute Gasteiger partial charge is 0.162 e. The number of methoxy groups -OCH3 is 2. The van der Waals surface area contributed by atoms with Crippen LogP contribution in [0.4, 0.5) is 0 Å². The molecule has 1 aromatic heterocycles. The van der Waals surface area contributed by atoms with Crippen LogP contribution in [0.3, 0.4) is 0 Å². The summed E-state index contributed by atoms with van der Waals surface area (Å²) in [6, 6.07) is 13.4. The van der Waals surface area contributed by atoms with Crippen LogP contribution in [0.1, 0.15) is 0 Å². The molecule has 0 aliphatic rings. The van der Waals surface area contributed by atoms with Gasteiger partial charge in [-0.15, -0.1) is 0 Å². The van der Waals surface area contributed by atoms with Crippen molar-refractivity contribution in [1.29, 1.82) is 0 Å². The zero-order chi connectivity index (χ0) is 15.5. The van der Waals surface area contributed by atoms with Crippen molar-refractivity contribution in [3.63, 3.8) is 0 Å². The van der Waals surface area contributed by atoms with E-state index in [9.17, 15) is 0 Å². The van der Waals surface area contributed by atoms with E-state index in [1.165, 1.54) is 0 Å². The molecule has 112 valence electrons. The Morgan fingerprint density at radius 1 is 0.864 bits per heavy atom. The molecule has 3 aromatic rings. The van der Waals surface area contributed by atoms with Crippen molar-refractivity contribution >= 4 is 33.5 Å². The molecular formula is C17H14INO3. The van der Waals surface area contributed by atoms with E-state index in [1.807, 2.05) is 42.5 Å². The average Bonchev–Trinajstić information content (AvgIpc) is 2.56. The van der Waals surface area contributed by atoms with Gasteiger partial charge in [0.05, 0.1) is 19.7 Å². The second-order valence-electron chi connectivity index (χ2n) is 4.59. The van der Waals surface area contributed by atoms with Crippen molar-refractivity contribution in [2.24, 2.45) is 0 Å². The van der Waals surface area contributed by atoms with Crippen LogP contribution in [0.2, 0.25) is 0 Å². The van der Waals surface area contributed by atoms with Gasteiger partial charge >= 0.3 is 0 Å². The molecule has 0 radical (unpaired) electrons. The summed E-state index contributed by atoms with van der Waals surface area (Å²) < 4.78 is 17.8. The molecule has 22 heavy (non-hydrogen) atoms. The minimum absolute atomic E-state index is 0.647. The third kappa shape index (κ3) is 2.94. The number of hydrogen-bond donors (Lipinski definition) is 0. The van der Waals surface area contributed by atoms with Gasteiger partial charge in [0.1, 0.15) is 11.5 Å². The van der Waals surface area contributed by atoms with E-state index in [2.05, 4.69) is 27.6 Å². The van der Waals surface area contributed by atoms with Gasteiger partial charge in [-0.1, -0.05) is 0 Å². The Bertz CT molecular complexity index is 803. The van der Waals surface area contributed by atoms with E-state index < -0.39 is 0 Å². The number of rotatable bonds is 4. The highest BCUT2D eigenvalue weighted by atomic mass is 127. The third-order valence-corrected chi connectivity index (χ3v) is 3.97. The first-order valence-corrected chi connectivity index (χ1v) is 7.73. The van der Waals surface area contributed by atoms with Crippen LogP contribution in [0.25, 0.3) is 10.9 Å². The van der Waals surface area contributed by atoms with E-state index in [0.717, 1.165) is 26.0 Å². The summed E-state index contributed by atoms with van der Waals surface area (Å²) in [7, 11) is 3.22. The lowest BCUT2D eigenvalue weighted by atomic mass is 10.2. The lowest BCUT2D eigenvalue weighted by Crippen LogP contribution is -1.93. The standard InChI is InChI=1S/C17H14INO3/c1-20-16-9-13-14(10-17(16)21-2)19-8-7-15(13)22-12-5-3-11(18)4-6-12/h3-10H,1-2H3. The Morgan fingerprint density at radius 3 is 2.23 bits per heavy atom. The number of hydrogen-bond acceptors (Lipinski definition) is 4. The lowest BCUT2D eigenvalue weighted by Gasteiger charge is -2.12. The number of fused-ring (bicyclic) bond motifs is 1. The van der Waals surface area contributed by atoms with Crippen LogP contribution in [0, 0.1) is 3.57 Å². The van der Waals surface area contributed by atoms with Crippen molar-refractivity contribution in [2.45, 2.75) is 0 Å². The summed E-state index contributed by atoms with van der Waals surface area (Å²) in [4.78, 5) is 4.36. The largest absolute Gasteiger partial charge is 0.493 e. The molecule has 0 saturated heterocycles. The average molecular weight is 407 g/mol. The van der Waals surface area contributed by atoms with Gasteiger partial charge in [0.25, 0.3) is 0 Å². The van der Waals surface area contributed by atoms with Gasteiger partial charge in [0.2, 0.25) is 0 Å². The predicted molar refractivity (Wildman–Crippen MR) is 94.1 cm³/mol. The molecule has 3 rings (SSSR count). The van der Waals surface area contributed by atoms with E-state index >= 15 is 0 Å². The van der Waals surface area contributed by atoms with Crippen LogP contribution in [0.15, 0.2) is 48.7 Å². The summed E-state index contributed by atoms with van der Waals surface area (Å²) in [6.45, 7) is 0. The number of ether oxygens (including phenoxy) is 3. The van der Waals surface area contributed by atoms with Crippen molar-refractivity contribution in [3.8, 4) is 23.0 Å². The SMILES string of the molecule is COc1cc2nccc(Oc3ccc(I)cc3)c2cc1OC. The van der Waals surface area contributed by atoms with Crippen LogP contribution in [0.5, 0.6) is 23.0 Å². The normalized spacial score (nSPS) is 10.5. The quantitative estimate of drug-likeness (QED) is 0.591. The maximum Gasteiger partial charge on any atom is 0.162 e. The molecular weight excluding hydrogens is 393 g/mol. The van der Waals surface area contributed by atoms with Crippen LogP contribution >= 0.6 is 22.6 Å². The van der Waals surface area contributed by atoms with Gasteiger partial charge in [-0.3, -0.25) is 4.98 Å².